The van der Waals surface area contributed by atoms with Crippen molar-refractivity contribution in [3.8, 4) is 24.1 Å². The zero-order chi connectivity index (χ0) is 86.2. The summed E-state index contributed by atoms with van der Waals surface area (Å²) in [7, 11) is 0. The van der Waals surface area contributed by atoms with E-state index in [-0.39, 0.29) is 89.5 Å². The molecule has 0 amide bonds. The number of ether oxygens (including phenoxy) is 1. The molecule has 10 heterocycles. The predicted octanol–water partition coefficient (Wildman–Crippen LogP) is 11.0. The Bertz CT molecular complexity index is 5740. The van der Waals surface area contributed by atoms with Crippen LogP contribution in [0.3, 0.4) is 0 Å². The van der Waals surface area contributed by atoms with Gasteiger partial charge in [0.2, 0.25) is 29.7 Å². The number of anilines is 3. The fourth-order valence-corrected chi connectivity index (χ4v) is 14.5. The molecule has 0 bridgehead atoms. The van der Waals surface area contributed by atoms with Crippen LogP contribution in [0.1, 0.15) is 184 Å². The van der Waals surface area contributed by atoms with Crippen LogP contribution in [0, 0.1) is 94.8 Å². The molecule has 13 rings (SSSR count). The average Bonchev–Trinajstić information content (AvgIpc) is 1.03. The van der Waals surface area contributed by atoms with Crippen LogP contribution >= 0.6 is 34.8 Å². The quantitative estimate of drug-likeness (QED) is 0.0117. The van der Waals surface area contributed by atoms with Gasteiger partial charge in [-0.05, 0) is 157 Å². The number of nitrogens with one attached hydrogen (secondary N) is 3. The first-order chi connectivity index (χ1) is 56.7. The van der Waals surface area contributed by atoms with E-state index in [0.29, 0.717) is 169 Å². The molecule has 1 aliphatic rings. The van der Waals surface area contributed by atoms with Crippen LogP contribution in [0.2, 0.25) is 15.1 Å². The summed E-state index contributed by atoms with van der Waals surface area (Å²) in [5.41, 5.74) is 12.8. The van der Waals surface area contributed by atoms with Crippen molar-refractivity contribution in [3.05, 3.63) is 221 Å². The van der Waals surface area contributed by atoms with Crippen molar-refractivity contribution < 1.29 is 88.9 Å². The number of aliphatic hydroxyl groups is 2. The maximum Gasteiger partial charge on any atom is 1.00 e. The first-order valence-corrected chi connectivity index (χ1v) is 40.9. The fourth-order valence-electron chi connectivity index (χ4n) is 13.6. The van der Waals surface area contributed by atoms with Gasteiger partial charge in [0.25, 0.3) is 0 Å². The topological polar surface area (TPSA) is 327 Å². The molecule has 119 heavy (non-hydrogen) atoms. The Morgan fingerprint density at radius 2 is 0.941 bits per heavy atom. The smallest absolute Gasteiger partial charge is 1.00 e. The van der Waals surface area contributed by atoms with Crippen LogP contribution in [-0.2, 0) is 38.9 Å². The molecule has 0 spiro atoms. The number of benzene rings is 3. The number of rotatable bonds is 25. The van der Waals surface area contributed by atoms with Crippen molar-refractivity contribution in [2.24, 2.45) is 16.2 Å². The van der Waals surface area contributed by atoms with Crippen LogP contribution in [0.4, 0.5) is 39.0 Å². The Morgan fingerprint density at radius 3 is 1.33 bits per heavy atom. The molecule has 3 atom stereocenters. The molecule has 0 saturated carbocycles. The van der Waals surface area contributed by atoms with E-state index in [2.05, 4.69) is 157 Å². The molecule has 9 aromatic heterocycles. The third-order valence-corrected chi connectivity index (χ3v) is 20.1. The molecular formula is C85H93Cl3F5IN21NaO3. The molecular weight excluding hydrogens is 1710 g/mol. The summed E-state index contributed by atoms with van der Waals surface area (Å²) in [4.78, 5) is 25.4. The van der Waals surface area contributed by atoms with Crippen LogP contribution in [0.25, 0.3) is 32.7 Å². The van der Waals surface area contributed by atoms with E-state index in [1.165, 1.54) is 24.4 Å². The summed E-state index contributed by atoms with van der Waals surface area (Å²) in [6.07, 6.45) is 9.38. The van der Waals surface area contributed by atoms with Gasteiger partial charge in [-0.25, -0.2) is 24.3 Å². The Morgan fingerprint density at radius 1 is 0.555 bits per heavy atom. The minimum atomic E-state index is -0.806. The average molecular weight is 1810 g/mol. The largest absolute Gasteiger partial charge is 1.00 e. The fraction of sp³-hybridized carbons (Fsp3) is 0.400. The number of pyridine rings is 6. The number of hydrogen-bond acceptors (Lipinski definition) is 21. The summed E-state index contributed by atoms with van der Waals surface area (Å²) in [6, 6.07) is 27.0. The number of hydrogen-bond donors (Lipinski definition) is 5. The summed E-state index contributed by atoms with van der Waals surface area (Å²) in [5.74, 6) is -2.98. The van der Waals surface area contributed by atoms with Gasteiger partial charge in [0.05, 0.1) is 77.7 Å². The predicted molar refractivity (Wildman–Crippen MR) is 443 cm³/mol. The van der Waals surface area contributed by atoms with Crippen LogP contribution in [-0.4, -0.2) is 130 Å². The van der Waals surface area contributed by atoms with E-state index in [9.17, 15) is 38.5 Å². The molecule has 0 radical (unpaired) electrons. The molecule has 5 N–H and O–H groups in total. The molecule has 12 aromatic rings. The van der Waals surface area contributed by atoms with Gasteiger partial charge in [0.1, 0.15) is 29.6 Å². The Balaban J connectivity index is 0.000000199. The first-order valence-electron chi connectivity index (χ1n) is 38.6. The zero-order valence-corrected chi connectivity index (χ0v) is 75.0. The van der Waals surface area contributed by atoms with E-state index in [1.807, 2.05) is 36.5 Å². The molecule has 620 valence electrons. The molecule has 3 aromatic carbocycles. The number of nitriles is 3. The number of aryl methyl sites for hydroxylation is 6. The minimum Gasteiger partial charge on any atom is 1.00 e. The van der Waals surface area contributed by atoms with E-state index in [4.69, 9.17) is 45.2 Å². The number of aliphatic hydroxyl groups excluding tert-OH is 2. The number of halogens is 9. The number of alkyl halides is 2. The number of fused-ring (bicyclic) bond motifs is 4. The van der Waals surface area contributed by atoms with Crippen molar-refractivity contribution in [1.82, 2.24) is 74.9 Å². The van der Waals surface area contributed by atoms with Crippen molar-refractivity contribution >= 4 is 84.6 Å². The second-order valence-electron chi connectivity index (χ2n) is 32.2. The third kappa shape index (κ3) is 24.0. The standard InChI is InChI=1S/C28H30ClF2N7O.C28H29ClFN7O.C28H31ClFN7O.CH3FI.Na/c1-16-19(6-7-23(30)35-16)20(26-27(31)38(37-36-26)8-5-9-39)10-17-11-21-24(34-15-28(2,3)4)18(13-32)14-33-25(21)22(29)12-17;1-16-19(6-7-23(30)34-16)20(26-27-37(36-35-26)8-5-9-38-27)10-17-11-21-24(33-15-28(2,3)4)18(13-31)14-32-25(21)22(29)12-17;1-17-20(6-7-25(30)34-17)21(24-15-37(36-35-24)8-5-9-38)10-18-11-22-26(33-16-28(2,3)4)19(13-31)14-32-27(22)23(29)12-18;2-1-3;/h6-7,11-12,14,20,39H,5,8-10,15H2,1-4H3,(H,33,34);6-7,11-12,14,20H,5,8-10,15H2,1-4H3,(H,32,33);6-7,11-12,14-15,21,38H,5,8-10,16H2,1-4H3,(H,32,33);3H,1H2;/q;;;-1;+1/t2*20-;21-;;/m000../s1/i;;;3D;. The van der Waals surface area contributed by atoms with Crippen molar-refractivity contribution in [2.45, 2.75) is 159 Å². The summed E-state index contributed by atoms with van der Waals surface area (Å²) in [6.45, 7) is 28.1. The second kappa shape index (κ2) is 41.7. The van der Waals surface area contributed by atoms with E-state index in [0.717, 1.165) is 56.2 Å². The molecule has 0 aliphatic carbocycles. The van der Waals surface area contributed by atoms with Crippen molar-refractivity contribution in [2.75, 3.05) is 60.1 Å². The minimum absolute atomic E-state index is 0. The van der Waals surface area contributed by atoms with Gasteiger partial charge in [0.15, 0.2) is 0 Å². The number of nitrogens with zero attached hydrogens (tertiary/aromatic N) is 18. The normalized spacial score (nSPS) is 12.8. The van der Waals surface area contributed by atoms with Crippen LogP contribution in [0.5, 0.6) is 5.88 Å². The van der Waals surface area contributed by atoms with Crippen LogP contribution < -0.4 is 72.6 Å². The Kier molecular flexibility index (Phi) is 32.2. The monoisotopic (exact) mass is 1810 g/mol. The van der Waals surface area contributed by atoms with E-state index in [1.54, 1.807) is 66.8 Å². The third-order valence-electron chi connectivity index (χ3n) is 19.2. The summed E-state index contributed by atoms with van der Waals surface area (Å²) in [5, 5.41) is 87.0. The van der Waals surface area contributed by atoms with Gasteiger partial charge in [-0.3, -0.25) is 19.6 Å². The van der Waals surface area contributed by atoms with Gasteiger partial charge >= 0.3 is 61.6 Å². The van der Waals surface area contributed by atoms with Crippen molar-refractivity contribution in [3.63, 3.8) is 0 Å². The summed E-state index contributed by atoms with van der Waals surface area (Å²) < 4.78 is 84.0. The molecule has 0 unspecified atom stereocenters. The van der Waals surface area contributed by atoms with E-state index >= 15 is 4.39 Å². The Hall–Kier alpha value is -9.40. The van der Waals surface area contributed by atoms with Gasteiger partial charge in [-0.1, -0.05) is 131 Å². The molecule has 24 nitrogen and oxygen atoms in total. The number of aromatic nitrogens is 15. The van der Waals surface area contributed by atoms with Gasteiger partial charge in [-0.2, -0.15) is 33.3 Å². The van der Waals surface area contributed by atoms with Gasteiger partial charge in [0, 0.05) is 135 Å². The molecule has 0 saturated heterocycles. The molecule has 0 fully saturated rings. The zero-order valence-electron chi connectivity index (χ0n) is 69.5. The summed E-state index contributed by atoms with van der Waals surface area (Å²) >= 11 is 19.3. The van der Waals surface area contributed by atoms with Crippen LogP contribution in [0.15, 0.2) is 97.6 Å². The van der Waals surface area contributed by atoms with Crippen molar-refractivity contribution in [1.29, 1.82) is 16.4 Å². The van der Waals surface area contributed by atoms with Gasteiger partial charge < -0.3 is 30.9 Å². The van der Waals surface area contributed by atoms with E-state index < -0.39 is 56.8 Å². The Labute approximate surface area is 739 Å². The first kappa shape index (κ1) is 91.9. The maximum absolute atomic E-state index is 15.5. The second-order valence-corrected chi connectivity index (χ2v) is 34.0. The SMILES string of the molecule is Cc1nc(F)ccc1[C@H](Cc1cc(Cl)c2ncc(C#N)c(NCC(C)(C)C)c2c1)c1cn(CCCO)nn1.Cc1nc(F)ccc1[C@H](Cc1cc(Cl)c2ncc(C#N)c(NCC(C)(C)C)c2c1)c1nnn(CCCO)c1F.Cc1nc(F)ccc1[C@H](Cc1cc(Cl)c2ncc(C#N)c(NCC(C)(C)C)c2c1)c1nnn2c1OCCC2.[2H][I-]CF.[Na+]. The molecule has 34 heteroatoms. The maximum atomic E-state index is 15.5. The van der Waals surface area contributed by atoms with Gasteiger partial charge in [-0.15, -0.1) is 15.3 Å². The molecule has 1 aliphatic heterocycles.